The number of carbonyl (C=O) groups is 1. The fraction of sp³-hybridized carbons (Fsp3) is 0.438. The molecular formula is C16H21NO4. The molecular weight excluding hydrogens is 270 g/mol. The van der Waals surface area contributed by atoms with Crippen LogP contribution in [-0.4, -0.2) is 19.6 Å². The van der Waals surface area contributed by atoms with Gasteiger partial charge in [0, 0.05) is 5.56 Å². The highest BCUT2D eigenvalue weighted by atomic mass is 16.5. The topological polar surface area (TPSA) is 64.6 Å². The van der Waals surface area contributed by atoms with Crippen molar-refractivity contribution in [3.8, 4) is 0 Å². The summed E-state index contributed by atoms with van der Waals surface area (Å²) in [6, 6.07) is 3.27. The Hall–Kier alpha value is -2.01. The Morgan fingerprint density at radius 3 is 2.48 bits per heavy atom. The SMILES string of the molecule is CCNC(c1ccc(C(=O)OC)o1)c1c(C)oc(C)c1C. The Morgan fingerprint density at radius 2 is 1.95 bits per heavy atom. The van der Waals surface area contributed by atoms with E-state index in [-0.39, 0.29) is 11.8 Å². The number of hydrogen-bond acceptors (Lipinski definition) is 5. The van der Waals surface area contributed by atoms with E-state index in [0.29, 0.717) is 5.76 Å². The number of hydrogen-bond donors (Lipinski definition) is 1. The first kappa shape index (κ1) is 15.4. The minimum atomic E-state index is -0.478. The van der Waals surface area contributed by atoms with Gasteiger partial charge in [-0.15, -0.1) is 0 Å². The molecule has 0 aromatic carbocycles. The van der Waals surface area contributed by atoms with Crippen LogP contribution in [-0.2, 0) is 4.74 Å². The molecule has 5 nitrogen and oxygen atoms in total. The van der Waals surface area contributed by atoms with Gasteiger partial charge in [0.25, 0.3) is 0 Å². The first-order valence-corrected chi connectivity index (χ1v) is 6.97. The highest BCUT2D eigenvalue weighted by Gasteiger charge is 2.25. The van der Waals surface area contributed by atoms with Crippen molar-refractivity contribution in [3.63, 3.8) is 0 Å². The zero-order valence-electron chi connectivity index (χ0n) is 13.1. The van der Waals surface area contributed by atoms with Gasteiger partial charge >= 0.3 is 5.97 Å². The molecule has 0 saturated carbocycles. The number of aryl methyl sites for hydroxylation is 2. The minimum Gasteiger partial charge on any atom is -0.466 e. The summed E-state index contributed by atoms with van der Waals surface area (Å²) in [6.07, 6.45) is 0. The van der Waals surface area contributed by atoms with Gasteiger partial charge in [0.1, 0.15) is 17.3 Å². The maximum atomic E-state index is 11.5. The molecule has 1 unspecified atom stereocenters. The Bertz CT molecular complexity index is 639. The van der Waals surface area contributed by atoms with Crippen LogP contribution >= 0.6 is 0 Å². The number of ether oxygens (including phenoxy) is 1. The van der Waals surface area contributed by atoms with Crippen LogP contribution in [0, 0.1) is 20.8 Å². The second-order valence-electron chi connectivity index (χ2n) is 4.94. The molecule has 0 aliphatic heterocycles. The average Bonchev–Trinajstić information content (AvgIpc) is 3.03. The molecule has 2 heterocycles. The lowest BCUT2D eigenvalue weighted by Crippen LogP contribution is -2.22. The molecule has 0 fully saturated rings. The van der Waals surface area contributed by atoms with Gasteiger partial charge in [-0.3, -0.25) is 0 Å². The van der Waals surface area contributed by atoms with Crippen LogP contribution in [0.5, 0.6) is 0 Å². The van der Waals surface area contributed by atoms with Crippen molar-refractivity contribution in [3.05, 3.63) is 46.3 Å². The molecule has 5 heteroatoms. The molecule has 0 aliphatic rings. The van der Waals surface area contributed by atoms with E-state index in [1.807, 2.05) is 27.7 Å². The fourth-order valence-corrected chi connectivity index (χ4v) is 2.50. The van der Waals surface area contributed by atoms with Gasteiger partial charge in [0.2, 0.25) is 5.76 Å². The third-order valence-corrected chi connectivity index (χ3v) is 3.61. The lowest BCUT2D eigenvalue weighted by molar-refractivity contribution is 0.0562. The van der Waals surface area contributed by atoms with E-state index in [1.165, 1.54) is 7.11 Å². The third-order valence-electron chi connectivity index (χ3n) is 3.61. The van der Waals surface area contributed by atoms with Crippen molar-refractivity contribution in [2.75, 3.05) is 13.7 Å². The maximum absolute atomic E-state index is 11.5. The second kappa shape index (κ2) is 6.18. The van der Waals surface area contributed by atoms with Crippen LogP contribution in [0.25, 0.3) is 0 Å². The zero-order valence-corrected chi connectivity index (χ0v) is 13.1. The number of nitrogens with one attached hydrogen (secondary N) is 1. The highest BCUT2D eigenvalue weighted by molar-refractivity contribution is 5.86. The van der Waals surface area contributed by atoms with Crippen molar-refractivity contribution in [1.29, 1.82) is 0 Å². The number of methoxy groups -OCH3 is 1. The van der Waals surface area contributed by atoms with Crippen molar-refractivity contribution >= 4 is 5.97 Å². The van der Waals surface area contributed by atoms with Crippen molar-refractivity contribution in [2.24, 2.45) is 0 Å². The van der Waals surface area contributed by atoms with Crippen LogP contribution in [0.4, 0.5) is 0 Å². The quantitative estimate of drug-likeness (QED) is 0.856. The van der Waals surface area contributed by atoms with Gasteiger partial charge in [0.05, 0.1) is 13.2 Å². The van der Waals surface area contributed by atoms with Gasteiger partial charge in [-0.2, -0.15) is 0 Å². The normalized spacial score (nSPS) is 12.4. The molecule has 0 spiro atoms. The van der Waals surface area contributed by atoms with Crippen molar-refractivity contribution in [1.82, 2.24) is 5.32 Å². The Balaban J connectivity index is 2.43. The molecule has 2 aromatic rings. The first-order valence-electron chi connectivity index (χ1n) is 6.97. The number of carbonyl (C=O) groups excluding carboxylic acids is 1. The van der Waals surface area contributed by atoms with Crippen LogP contribution in [0.15, 0.2) is 21.0 Å². The molecule has 0 amide bonds. The maximum Gasteiger partial charge on any atom is 0.373 e. The predicted octanol–water partition coefficient (Wildman–Crippen LogP) is 3.28. The molecule has 1 atom stereocenters. The van der Waals surface area contributed by atoms with Gasteiger partial charge in [-0.25, -0.2) is 4.79 Å². The molecule has 0 bridgehead atoms. The average molecular weight is 291 g/mol. The van der Waals surface area contributed by atoms with E-state index in [2.05, 4.69) is 10.1 Å². The Kier molecular flexibility index (Phi) is 4.53. The molecule has 0 aliphatic carbocycles. The van der Waals surface area contributed by atoms with Gasteiger partial charge < -0.3 is 18.9 Å². The summed E-state index contributed by atoms with van der Waals surface area (Å²) in [7, 11) is 1.33. The number of esters is 1. The van der Waals surface area contributed by atoms with Gasteiger partial charge in [-0.05, 0) is 45.0 Å². The zero-order chi connectivity index (χ0) is 15.6. The van der Waals surface area contributed by atoms with Crippen LogP contribution in [0.2, 0.25) is 0 Å². The van der Waals surface area contributed by atoms with Crippen LogP contribution in [0.3, 0.4) is 0 Å². The molecule has 114 valence electrons. The first-order chi connectivity index (χ1) is 9.99. The summed E-state index contributed by atoms with van der Waals surface area (Å²) in [5.74, 6) is 2.14. The smallest absolute Gasteiger partial charge is 0.373 e. The van der Waals surface area contributed by atoms with Gasteiger partial charge in [-0.1, -0.05) is 6.92 Å². The Morgan fingerprint density at radius 1 is 1.24 bits per heavy atom. The molecule has 21 heavy (non-hydrogen) atoms. The van der Waals surface area contributed by atoms with E-state index in [0.717, 1.165) is 29.2 Å². The highest BCUT2D eigenvalue weighted by Crippen LogP contribution is 2.32. The van der Waals surface area contributed by atoms with Crippen molar-refractivity contribution < 1.29 is 18.4 Å². The lowest BCUT2D eigenvalue weighted by Gasteiger charge is -2.16. The predicted molar refractivity (Wildman–Crippen MR) is 78.5 cm³/mol. The summed E-state index contributed by atoms with van der Waals surface area (Å²) in [6.45, 7) is 8.69. The summed E-state index contributed by atoms with van der Waals surface area (Å²) in [5, 5.41) is 3.37. The Labute approximate surface area is 124 Å². The van der Waals surface area contributed by atoms with E-state index in [1.54, 1.807) is 12.1 Å². The fourth-order valence-electron chi connectivity index (χ4n) is 2.50. The van der Waals surface area contributed by atoms with E-state index >= 15 is 0 Å². The summed E-state index contributed by atoms with van der Waals surface area (Å²) < 4.78 is 16.0. The monoisotopic (exact) mass is 291 g/mol. The van der Waals surface area contributed by atoms with E-state index in [4.69, 9.17) is 8.83 Å². The summed E-state index contributed by atoms with van der Waals surface area (Å²) >= 11 is 0. The lowest BCUT2D eigenvalue weighted by atomic mass is 10.00. The standard InChI is InChI=1S/C16H21NO4/c1-6-17-15(14-9(2)10(3)20-11(14)4)12-7-8-13(21-12)16(18)19-5/h7-8,15,17H,6H2,1-5H3. The molecule has 2 aromatic heterocycles. The van der Waals surface area contributed by atoms with Crippen LogP contribution < -0.4 is 5.32 Å². The molecule has 2 rings (SSSR count). The summed E-state index contributed by atoms with van der Waals surface area (Å²) in [5.41, 5.74) is 2.15. The second-order valence-corrected chi connectivity index (χ2v) is 4.94. The molecule has 1 N–H and O–H groups in total. The number of rotatable bonds is 5. The molecule has 0 radical (unpaired) electrons. The van der Waals surface area contributed by atoms with Crippen LogP contribution in [0.1, 0.15) is 51.9 Å². The van der Waals surface area contributed by atoms with E-state index < -0.39 is 5.97 Å². The minimum absolute atomic E-state index is 0.147. The number of furan rings is 2. The van der Waals surface area contributed by atoms with Gasteiger partial charge in [0.15, 0.2) is 0 Å². The van der Waals surface area contributed by atoms with Crippen molar-refractivity contribution in [2.45, 2.75) is 33.7 Å². The summed E-state index contributed by atoms with van der Waals surface area (Å²) in [4.78, 5) is 11.5. The molecule has 0 saturated heterocycles. The largest absolute Gasteiger partial charge is 0.466 e. The van der Waals surface area contributed by atoms with E-state index in [9.17, 15) is 4.79 Å². The third kappa shape index (κ3) is 2.88.